The van der Waals surface area contributed by atoms with Gasteiger partial charge in [-0.1, -0.05) is 6.07 Å². The maximum atomic E-state index is 13.6. The van der Waals surface area contributed by atoms with Gasteiger partial charge in [0, 0.05) is 38.1 Å². The fourth-order valence-corrected chi connectivity index (χ4v) is 5.43. The number of H-pyrrole nitrogens is 1. The van der Waals surface area contributed by atoms with E-state index in [1.807, 2.05) is 55.5 Å². The van der Waals surface area contributed by atoms with E-state index in [0.717, 1.165) is 53.0 Å². The SMILES string of the molecule is C[C@@H]1Cc2c(ccc3[nH]ncc23)C(c2ccc(N(C)C3CN(CCCF)C3)cn2)N1CC(F)F. The maximum Gasteiger partial charge on any atom is 0.251 e. The van der Waals surface area contributed by atoms with Crippen molar-refractivity contribution in [2.24, 2.45) is 0 Å². The number of likely N-dealkylation sites (tertiary alicyclic amines) is 1. The summed E-state index contributed by atoms with van der Waals surface area (Å²) in [7, 11) is 2.05. The third-order valence-corrected chi connectivity index (χ3v) is 7.36. The molecule has 0 amide bonds. The van der Waals surface area contributed by atoms with Crippen molar-refractivity contribution in [1.29, 1.82) is 0 Å². The summed E-state index contributed by atoms with van der Waals surface area (Å²) in [5.41, 5.74) is 4.89. The van der Waals surface area contributed by atoms with Gasteiger partial charge in [0.05, 0.1) is 54.6 Å². The zero-order chi connectivity index (χ0) is 23.8. The van der Waals surface area contributed by atoms with Crippen LogP contribution in [0.1, 0.15) is 36.2 Å². The monoisotopic (exact) mass is 472 g/mol. The van der Waals surface area contributed by atoms with Crippen molar-refractivity contribution in [3.05, 3.63) is 53.5 Å². The highest BCUT2D eigenvalue weighted by atomic mass is 19.3. The van der Waals surface area contributed by atoms with Crippen LogP contribution in [0.4, 0.5) is 18.9 Å². The van der Waals surface area contributed by atoms with Gasteiger partial charge in [-0.15, -0.1) is 0 Å². The van der Waals surface area contributed by atoms with Crippen LogP contribution in [0.3, 0.4) is 0 Å². The summed E-state index contributed by atoms with van der Waals surface area (Å²) < 4.78 is 39.5. The predicted octanol–water partition coefficient (Wildman–Crippen LogP) is 4.04. The average molecular weight is 473 g/mol. The van der Waals surface area contributed by atoms with Crippen LogP contribution >= 0.6 is 0 Å². The number of nitrogens with zero attached hydrogens (tertiary/aromatic N) is 5. The smallest absolute Gasteiger partial charge is 0.251 e. The van der Waals surface area contributed by atoms with Crippen molar-refractivity contribution in [2.45, 2.75) is 44.3 Å². The van der Waals surface area contributed by atoms with Gasteiger partial charge in [-0.05, 0) is 49.1 Å². The number of hydrogen-bond acceptors (Lipinski definition) is 5. The molecule has 9 heteroatoms. The Hall–Kier alpha value is -2.65. The molecule has 0 saturated carbocycles. The Labute approximate surface area is 197 Å². The third kappa shape index (κ3) is 4.27. The topological polar surface area (TPSA) is 51.3 Å². The second-order valence-electron chi connectivity index (χ2n) is 9.52. The first-order valence-corrected chi connectivity index (χ1v) is 11.9. The molecule has 1 aromatic carbocycles. The Morgan fingerprint density at radius 3 is 2.71 bits per heavy atom. The number of benzene rings is 1. The van der Waals surface area contributed by atoms with Crippen LogP contribution in [0.25, 0.3) is 10.9 Å². The number of rotatable bonds is 8. The number of hydrogen-bond donors (Lipinski definition) is 1. The van der Waals surface area contributed by atoms with E-state index in [2.05, 4.69) is 20.0 Å². The highest BCUT2D eigenvalue weighted by Crippen LogP contribution is 2.40. The minimum Gasteiger partial charge on any atom is -0.368 e. The summed E-state index contributed by atoms with van der Waals surface area (Å²) in [6.07, 6.45) is 2.51. The molecule has 0 bridgehead atoms. The van der Waals surface area contributed by atoms with Gasteiger partial charge in [-0.2, -0.15) is 5.10 Å². The zero-order valence-electron chi connectivity index (χ0n) is 19.6. The van der Waals surface area contributed by atoms with Gasteiger partial charge in [0.15, 0.2) is 0 Å². The number of aromatic nitrogens is 3. The number of likely N-dealkylation sites (N-methyl/N-ethyl adjacent to an activating group) is 1. The van der Waals surface area contributed by atoms with Crippen molar-refractivity contribution < 1.29 is 13.2 Å². The number of aromatic amines is 1. The van der Waals surface area contributed by atoms with E-state index >= 15 is 0 Å². The molecule has 1 N–H and O–H groups in total. The zero-order valence-corrected chi connectivity index (χ0v) is 19.6. The standard InChI is InChI=1S/C25H31F3N6/c1-16-10-20-19(5-7-22-21(20)12-30-31-22)25(34(16)15-24(27)28)23-6-4-17(11-29-23)32(2)18-13-33(14-18)9-3-8-26/h4-7,11-12,16,18,24-25H,3,8-10,13-15H2,1-2H3,(H,30,31)/t16-,25?/m1/s1. The van der Waals surface area contributed by atoms with Crippen LogP contribution in [0, 0.1) is 0 Å². The largest absolute Gasteiger partial charge is 0.368 e. The van der Waals surface area contributed by atoms with Gasteiger partial charge < -0.3 is 4.90 Å². The molecule has 1 unspecified atom stereocenters. The Kier molecular flexibility index (Phi) is 6.48. The van der Waals surface area contributed by atoms with Crippen molar-refractivity contribution in [3.63, 3.8) is 0 Å². The van der Waals surface area contributed by atoms with E-state index in [1.165, 1.54) is 0 Å². The molecule has 6 nitrogen and oxygen atoms in total. The maximum absolute atomic E-state index is 13.6. The van der Waals surface area contributed by atoms with Crippen LogP contribution in [-0.4, -0.2) is 83.4 Å². The highest BCUT2D eigenvalue weighted by Gasteiger charge is 2.37. The van der Waals surface area contributed by atoms with Gasteiger partial charge in [-0.3, -0.25) is 24.3 Å². The molecule has 34 heavy (non-hydrogen) atoms. The van der Waals surface area contributed by atoms with Gasteiger partial charge in [0.25, 0.3) is 6.43 Å². The van der Waals surface area contributed by atoms with E-state index in [9.17, 15) is 13.2 Å². The first-order valence-electron chi connectivity index (χ1n) is 11.9. The molecular formula is C25H31F3N6. The van der Waals surface area contributed by atoms with Crippen LogP contribution in [-0.2, 0) is 6.42 Å². The summed E-state index contributed by atoms with van der Waals surface area (Å²) in [5, 5.41) is 8.24. The molecule has 1 fully saturated rings. The second kappa shape index (κ2) is 9.54. The lowest BCUT2D eigenvalue weighted by Gasteiger charge is -2.45. The van der Waals surface area contributed by atoms with Crippen LogP contribution in [0.2, 0.25) is 0 Å². The molecule has 4 heterocycles. The first kappa shape index (κ1) is 23.1. The minimum absolute atomic E-state index is 0.0542. The fourth-order valence-electron chi connectivity index (χ4n) is 5.43. The van der Waals surface area contributed by atoms with Gasteiger partial charge in [-0.25, -0.2) is 8.78 Å². The molecular weight excluding hydrogens is 441 g/mol. The van der Waals surface area contributed by atoms with Gasteiger partial charge >= 0.3 is 0 Å². The van der Waals surface area contributed by atoms with Crippen molar-refractivity contribution in [2.75, 3.05) is 44.8 Å². The normalized spacial score (nSPS) is 21.7. The molecule has 0 aliphatic carbocycles. The molecule has 0 radical (unpaired) electrons. The molecule has 2 aliphatic rings. The molecule has 2 atom stereocenters. The highest BCUT2D eigenvalue weighted by molar-refractivity contribution is 5.83. The second-order valence-corrected chi connectivity index (χ2v) is 9.52. The minimum atomic E-state index is -2.42. The molecule has 182 valence electrons. The Morgan fingerprint density at radius 1 is 1.18 bits per heavy atom. The Balaban J connectivity index is 1.42. The average Bonchev–Trinajstić information content (AvgIpc) is 3.28. The van der Waals surface area contributed by atoms with Gasteiger partial charge in [0.2, 0.25) is 0 Å². The lowest BCUT2D eigenvalue weighted by Crippen LogP contribution is -2.58. The van der Waals surface area contributed by atoms with Crippen molar-refractivity contribution in [3.8, 4) is 0 Å². The Morgan fingerprint density at radius 2 is 2.00 bits per heavy atom. The molecule has 2 aliphatic heterocycles. The molecule has 5 rings (SSSR count). The van der Waals surface area contributed by atoms with E-state index < -0.39 is 6.43 Å². The Bertz CT molecular complexity index is 1110. The number of nitrogens with one attached hydrogen (secondary N) is 1. The quantitative estimate of drug-likeness (QED) is 0.536. The molecule has 1 saturated heterocycles. The van der Waals surface area contributed by atoms with E-state index in [1.54, 1.807) is 0 Å². The van der Waals surface area contributed by atoms with E-state index in [4.69, 9.17) is 4.98 Å². The van der Waals surface area contributed by atoms with Crippen LogP contribution in [0.15, 0.2) is 36.7 Å². The number of halogens is 3. The van der Waals surface area contributed by atoms with E-state index in [0.29, 0.717) is 18.9 Å². The third-order valence-electron chi connectivity index (χ3n) is 7.36. The molecule has 0 spiro atoms. The summed E-state index contributed by atoms with van der Waals surface area (Å²) in [6, 6.07) is 7.96. The number of alkyl halides is 3. The summed E-state index contributed by atoms with van der Waals surface area (Å²) in [4.78, 5) is 11.1. The first-order chi connectivity index (χ1) is 16.5. The van der Waals surface area contributed by atoms with Crippen LogP contribution < -0.4 is 4.90 Å². The van der Waals surface area contributed by atoms with Crippen LogP contribution in [0.5, 0.6) is 0 Å². The number of pyridine rings is 1. The fraction of sp³-hybridized carbons (Fsp3) is 0.520. The van der Waals surface area contributed by atoms with Crippen molar-refractivity contribution >= 4 is 16.6 Å². The van der Waals surface area contributed by atoms with E-state index in [-0.39, 0.29) is 25.3 Å². The van der Waals surface area contributed by atoms with Crippen molar-refractivity contribution in [1.82, 2.24) is 25.0 Å². The summed E-state index contributed by atoms with van der Waals surface area (Å²) in [5.74, 6) is 0. The number of anilines is 1. The van der Waals surface area contributed by atoms with Gasteiger partial charge in [0.1, 0.15) is 0 Å². The number of fused-ring (bicyclic) bond motifs is 3. The lowest BCUT2D eigenvalue weighted by atomic mass is 9.85. The molecule has 3 aromatic rings. The predicted molar refractivity (Wildman–Crippen MR) is 127 cm³/mol. The molecule has 2 aromatic heterocycles. The summed E-state index contributed by atoms with van der Waals surface area (Å²) in [6.45, 7) is 4.05. The lowest BCUT2D eigenvalue weighted by molar-refractivity contribution is 0.0456. The summed E-state index contributed by atoms with van der Waals surface area (Å²) >= 11 is 0.